The number of nitrogens with zero attached hydrogens (tertiary/aromatic N) is 1. The number of imide groups is 1. The van der Waals surface area contributed by atoms with Crippen molar-refractivity contribution in [2.45, 2.75) is 47.9 Å². The number of carbonyl (C=O) groups is 4. The summed E-state index contributed by atoms with van der Waals surface area (Å²) < 4.78 is 5.06. The first kappa shape index (κ1) is 23.8. The summed E-state index contributed by atoms with van der Waals surface area (Å²) in [5.74, 6) is -1.72. The minimum atomic E-state index is -0.937. The Morgan fingerprint density at radius 3 is 2.62 bits per heavy atom. The Bertz CT molecular complexity index is 1090. The maximum Gasteiger partial charge on any atom is 0.326 e. The fourth-order valence-electron chi connectivity index (χ4n) is 4.42. The number of amides is 4. The molecule has 34 heavy (non-hydrogen) atoms. The van der Waals surface area contributed by atoms with Crippen LogP contribution in [-0.4, -0.2) is 47.4 Å². The van der Waals surface area contributed by atoms with Gasteiger partial charge in [-0.05, 0) is 43.0 Å². The Hall–Kier alpha value is -3.33. The zero-order valence-electron chi connectivity index (χ0n) is 18.9. The predicted molar refractivity (Wildman–Crippen MR) is 127 cm³/mol. The van der Waals surface area contributed by atoms with Gasteiger partial charge >= 0.3 is 12.0 Å². The van der Waals surface area contributed by atoms with Crippen molar-refractivity contribution >= 4 is 41.3 Å². The number of anilines is 1. The largest absolute Gasteiger partial charge is 0.454 e. The molecule has 2 atom stereocenters. The Labute approximate surface area is 202 Å². The van der Waals surface area contributed by atoms with Gasteiger partial charge in [0.25, 0.3) is 11.8 Å². The highest BCUT2D eigenvalue weighted by molar-refractivity contribution is 7.99. The molecule has 1 aliphatic carbocycles. The van der Waals surface area contributed by atoms with E-state index in [1.165, 1.54) is 11.8 Å². The summed E-state index contributed by atoms with van der Waals surface area (Å²) >= 11 is 1.50. The third kappa shape index (κ3) is 5.09. The van der Waals surface area contributed by atoms with Crippen LogP contribution in [0.4, 0.5) is 10.5 Å². The molecule has 178 valence electrons. The van der Waals surface area contributed by atoms with Crippen molar-refractivity contribution in [3.05, 3.63) is 54.6 Å². The van der Waals surface area contributed by atoms with Crippen LogP contribution in [0.25, 0.3) is 0 Å². The van der Waals surface area contributed by atoms with Crippen LogP contribution in [0.2, 0.25) is 0 Å². The average molecular weight is 482 g/mol. The molecule has 2 aromatic rings. The number of urea groups is 1. The van der Waals surface area contributed by atoms with Gasteiger partial charge in [-0.15, -0.1) is 0 Å². The van der Waals surface area contributed by atoms with E-state index in [1.807, 2.05) is 49.4 Å². The zero-order valence-corrected chi connectivity index (χ0v) is 19.7. The molecule has 1 heterocycles. The molecule has 8 nitrogen and oxygen atoms in total. The van der Waals surface area contributed by atoms with Crippen LogP contribution in [0.15, 0.2) is 64.4 Å². The standard InChI is InChI=1S/C25H27N3O5S/c1-17-9-7-8-14-25(17)23(31)28(24(32)27-25)15-22(30)33-16-21(29)26-19-12-5-6-13-20(19)34-18-10-3-2-4-11-18/h2-6,10-13,17H,7-9,14-16H2,1H3,(H,26,29)(H,27,32). The van der Waals surface area contributed by atoms with Gasteiger partial charge in [0.2, 0.25) is 0 Å². The molecule has 1 spiro atoms. The summed E-state index contributed by atoms with van der Waals surface area (Å²) in [5, 5.41) is 5.55. The van der Waals surface area contributed by atoms with Gasteiger partial charge < -0.3 is 15.4 Å². The zero-order chi connectivity index (χ0) is 24.1. The number of hydrogen-bond acceptors (Lipinski definition) is 6. The van der Waals surface area contributed by atoms with Crippen LogP contribution >= 0.6 is 11.8 Å². The summed E-state index contributed by atoms with van der Waals surface area (Å²) in [6.45, 7) is 0.901. The van der Waals surface area contributed by atoms with E-state index >= 15 is 0 Å². The van der Waals surface area contributed by atoms with Crippen LogP contribution in [-0.2, 0) is 19.1 Å². The molecule has 4 amide bonds. The monoisotopic (exact) mass is 481 g/mol. The lowest BCUT2D eigenvalue weighted by molar-refractivity contribution is -0.150. The Balaban J connectivity index is 1.31. The number of esters is 1. The van der Waals surface area contributed by atoms with Crippen LogP contribution in [0.1, 0.15) is 32.6 Å². The fraction of sp³-hybridized carbons (Fsp3) is 0.360. The highest BCUT2D eigenvalue weighted by Crippen LogP contribution is 2.38. The molecule has 0 bridgehead atoms. The topological polar surface area (TPSA) is 105 Å². The summed E-state index contributed by atoms with van der Waals surface area (Å²) in [5.41, 5.74) is -0.340. The maximum atomic E-state index is 13.0. The van der Waals surface area contributed by atoms with Gasteiger partial charge in [0, 0.05) is 9.79 Å². The van der Waals surface area contributed by atoms with Crippen LogP contribution in [0, 0.1) is 5.92 Å². The van der Waals surface area contributed by atoms with Crippen molar-refractivity contribution in [3.8, 4) is 0 Å². The first-order chi connectivity index (χ1) is 16.4. The van der Waals surface area contributed by atoms with Gasteiger partial charge in [-0.1, -0.05) is 61.9 Å². The Kier molecular flexibility index (Phi) is 7.21. The Morgan fingerprint density at radius 1 is 1.12 bits per heavy atom. The normalized spacial score (nSPS) is 21.9. The second-order valence-electron chi connectivity index (χ2n) is 8.56. The van der Waals surface area contributed by atoms with E-state index in [0.717, 1.165) is 34.0 Å². The average Bonchev–Trinajstić information content (AvgIpc) is 3.06. The van der Waals surface area contributed by atoms with Gasteiger partial charge in [-0.25, -0.2) is 4.79 Å². The van der Waals surface area contributed by atoms with Crippen molar-refractivity contribution in [2.75, 3.05) is 18.5 Å². The molecule has 9 heteroatoms. The van der Waals surface area contributed by atoms with Crippen molar-refractivity contribution in [1.29, 1.82) is 0 Å². The second kappa shape index (κ2) is 10.3. The van der Waals surface area contributed by atoms with Crippen molar-refractivity contribution in [2.24, 2.45) is 5.92 Å². The molecule has 2 fully saturated rings. The number of carbonyl (C=O) groups excluding carboxylic acids is 4. The van der Waals surface area contributed by atoms with Crippen LogP contribution in [0.3, 0.4) is 0 Å². The summed E-state index contributed by atoms with van der Waals surface area (Å²) in [6, 6.07) is 16.5. The van der Waals surface area contributed by atoms with Crippen molar-refractivity contribution < 1.29 is 23.9 Å². The third-order valence-electron chi connectivity index (χ3n) is 6.29. The fourth-order valence-corrected chi connectivity index (χ4v) is 5.34. The lowest BCUT2D eigenvalue weighted by Crippen LogP contribution is -2.54. The van der Waals surface area contributed by atoms with E-state index in [-0.39, 0.29) is 5.92 Å². The molecule has 2 unspecified atom stereocenters. The number of para-hydroxylation sites is 1. The lowest BCUT2D eigenvalue weighted by Gasteiger charge is -2.36. The molecule has 0 aromatic heterocycles. The highest BCUT2D eigenvalue weighted by Gasteiger charge is 2.55. The molecule has 2 N–H and O–H groups in total. The molecule has 1 aliphatic heterocycles. The van der Waals surface area contributed by atoms with Gasteiger partial charge in [0.15, 0.2) is 6.61 Å². The Morgan fingerprint density at radius 2 is 1.85 bits per heavy atom. The smallest absolute Gasteiger partial charge is 0.326 e. The van der Waals surface area contributed by atoms with Crippen LogP contribution in [0.5, 0.6) is 0 Å². The third-order valence-corrected chi connectivity index (χ3v) is 7.37. The number of ether oxygens (including phenoxy) is 1. The summed E-state index contributed by atoms with van der Waals surface area (Å²) in [7, 11) is 0. The molecule has 1 saturated carbocycles. The van der Waals surface area contributed by atoms with Crippen molar-refractivity contribution in [3.63, 3.8) is 0 Å². The lowest BCUT2D eigenvalue weighted by atomic mass is 9.73. The van der Waals surface area contributed by atoms with E-state index in [1.54, 1.807) is 12.1 Å². The molecule has 2 aliphatic rings. The van der Waals surface area contributed by atoms with E-state index in [4.69, 9.17) is 4.74 Å². The van der Waals surface area contributed by atoms with E-state index in [0.29, 0.717) is 12.1 Å². The van der Waals surface area contributed by atoms with Gasteiger partial charge in [-0.3, -0.25) is 19.3 Å². The van der Waals surface area contributed by atoms with E-state index < -0.39 is 42.5 Å². The number of nitrogens with one attached hydrogen (secondary N) is 2. The first-order valence-corrected chi connectivity index (χ1v) is 12.1. The van der Waals surface area contributed by atoms with E-state index in [2.05, 4.69) is 10.6 Å². The number of hydrogen-bond donors (Lipinski definition) is 2. The van der Waals surface area contributed by atoms with E-state index in [9.17, 15) is 19.2 Å². The molecule has 4 rings (SSSR count). The number of benzene rings is 2. The van der Waals surface area contributed by atoms with Gasteiger partial charge in [0.1, 0.15) is 12.1 Å². The molecule has 1 saturated heterocycles. The summed E-state index contributed by atoms with van der Waals surface area (Å²) in [6.07, 6.45) is 3.26. The minimum absolute atomic E-state index is 0.00155. The molecular formula is C25H27N3O5S. The van der Waals surface area contributed by atoms with Gasteiger partial charge in [0.05, 0.1) is 5.69 Å². The van der Waals surface area contributed by atoms with Crippen molar-refractivity contribution in [1.82, 2.24) is 10.2 Å². The van der Waals surface area contributed by atoms with Crippen LogP contribution < -0.4 is 10.6 Å². The second-order valence-corrected chi connectivity index (χ2v) is 9.68. The molecule has 0 radical (unpaired) electrons. The highest BCUT2D eigenvalue weighted by atomic mass is 32.2. The predicted octanol–water partition coefficient (Wildman–Crippen LogP) is 3.82. The number of rotatable bonds is 7. The SMILES string of the molecule is CC1CCCCC12NC(=O)N(CC(=O)OCC(=O)Nc1ccccc1Sc1ccccc1)C2=O. The molecule has 2 aromatic carbocycles. The quantitative estimate of drug-likeness (QED) is 0.460. The van der Waals surface area contributed by atoms with Gasteiger partial charge in [-0.2, -0.15) is 0 Å². The summed E-state index contributed by atoms with van der Waals surface area (Å²) in [4.78, 5) is 52.9. The minimum Gasteiger partial charge on any atom is -0.454 e. The maximum absolute atomic E-state index is 13.0. The molecular weight excluding hydrogens is 454 g/mol. The first-order valence-electron chi connectivity index (χ1n) is 11.3.